The molecule has 136 valence electrons. The van der Waals surface area contributed by atoms with E-state index < -0.39 is 41.3 Å². The summed E-state index contributed by atoms with van der Waals surface area (Å²) in [6.07, 6.45) is -2.14. The zero-order chi connectivity index (χ0) is 19.0. The molecule has 1 amide bonds. The lowest BCUT2D eigenvalue weighted by atomic mass is 9.98. The number of rotatable bonds is 3. The zero-order valence-electron chi connectivity index (χ0n) is 13.8. The molecule has 1 aliphatic rings. The number of benzene rings is 2. The number of ether oxygens (including phenoxy) is 1. The number of hydrogen-bond acceptors (Lipinski definition) is 3. The number of nitrogens with zero attached hydrogens (tertiary/aromatic N) is 1. The molecule has 1 aliphatic heterocycles. The van der Waals surface area contributed by atoms with Crippen molar-refractivity contribution in [3.8, 4) is 11.3 Å². The van der Waals surface area contributed by atoms with E-state index in [1.807, 2.05) is 30.3 Å². The van der Waals surface area contributed by atoms with Crippen molar-refractivity contribution in [2.75, 3.05) is 0 Å². The van der Waals surface area contributed by atoms with Crippen LogP contribution in [-0.2, 0) is 4.74 Å². The minimum absolute atomic E-state index is 0.371. The number of carbonyl (C=O) groups is 1. The summed E-state index contributed by atoms with van der Waals surface area (Å²) < 4.78 is 46.7. The van der Waals surface area contributed by atoms with Crippen LogP contribution in [0.4, 0.5) is 18.0 Å². The maximum absolute atomic E-state index is 14.2. The summed E-state index contributed by atoms with van der Waals surface area (Å²) in [5.74, 6) is -3.30. The van der Waals surface area contributed by atoms with Crippen molar-refractivity contribution in [2.24, 2.45) is 0 Å². The molecule has 2 aromatic carbocycles. The van der Waals surface area contributed by atoms with Crippen LogP contribution in [0.25, 0.3) is 11.3 Å². The molecule has 0 spiro atoms. The normalized spacial score (nSPS) is 18.9. The Bertz CT molecular complexity index is 988. The smallest absolute Gasteiger partial charge is 0.408 e. The number of amides is 1. The van der Waals surface area contributed by atoms with Crippen molar-refractivity contribution in [1.29, 1.82) is 0 Å². The lowest BCUT2D eigenvalue weighted by Gasteiger charge is -2.18. The Morgan fingerprint density at radius 1 is 0.926 bits per heavy atom. The van der Waals surface area contributed by atoms with Gasteiger partial charge in [0, 0.05) is 17.7 Å². The maximum atomic E-state index is 14.2. The lowest BCUT2D eigenvalue weighted by Crippen LogP contribution is -2.21. The Labute approximate surface area is 152 Å². The molecule has 27 heavy (non-hydrogen) atoms. The Morgan fingerprint density at radius 3 is 2.33 bits per heavy atom. The van der Waals surface area contributed by atoms with Gasteiger partial charge in [0.2, 0.25) is 0 Å². The molecule has 2 heterocycles. The Hall–Kier alpha value is -3.35. The summed E-state index contributed by atoms with van der Waals surface area (Å²) in [5.41, 5.74) is 1.33. The first-order valence-corrected chi connectivity index (χ1v) is 8.17. The second-order valence-electron chi connectivity index (χ2n) is 6.04. The molecule has 0 saturated carbocycles. The van der Waals surface area contributed by atoms with Gasteiger partial charge in [0.1, 0.15) is 23.5 Å². The van der Waals surface area contributed by atoms with Gasteiger partial charge in [0.05, 0.1) is 17.0 Å². The van der Waals surface area contributed by atoms with Gasteiger partial charge in [-0.1, -0.05) is 36.4 Å². The molecule has 1 aromatic heterocycles. The molecule has 0 radical (unpaired) electrons. The highest BCUT2D eigenvalue weighted by Crippen LogP contribution is 2.39. The van der Waals surface area contributed by atoms with Crippen LogP contribution in [0.5, 0.6) is 0 Å². The van der Waals surface area contributed by atoms with Crippen molar-refractivity contribution in [2.45, 2.75) is 12.1 Å². The molecule has 4 nitrogen and oxygen atoms in total. The highest BCUT2D eigenvalue weighted by atomic mass is 19.1. The number of cyclic esters (lactones) is 1. The second kappa shape index (κ2) is 6.75. The lowest BCUT2D eigenvalue weighted by molar-refractivity contribution is 0.127. The predicted molar refractivity (Wildman–Crippen MR) is 91.1 cm³/mol. The van der Waals surface area contributed by atoms with Crippen molar-refractivity contribution < 1.29 is 22.7 Å². The topological polar surface area (TPSA) is 51.2 Å². The minimum Gasteiger partial charge on any atom is -0.438 e. The fourth-order valence-electron chi connectivity index (χ4n) is 3.09. The fourth-order valence-corrected chi connectivity index (χ4v) is 3.09. The molecular weight excluding hydrogens is 357 g/mol. The van der Waals surface area contributed by atoms with Crippen LogP contribution in [0.3, 0.4) is 0 Å². The predicted octanol–water partition coefficient (Wildman–Crippen LogP) is 4.69. The summed E-state index contributed by atoms with van der Waals surface area (Å²) in [6, 6.07) is 14.6. The first-order chi connectivity index (χ1) is 13.0. The van der Waals surface area contributed by atoms with E-state index in [2.05, 4.69) is 10.3 Å². The Balaban J connectivity index is 1.76. The average Bonchev–Trinajstić information content (AvgIpc) is 3.03. The zero-order valence-corrected chi connectivity index (χ0v) is 13.8. The van der Waals surface area contributed by atoms with Crippen molar-refractivity contribution in [1.82, 2.24) is 10.3 Å². The van der Waals surface area contributed by atoms with Gasteiger partial charge < -0.3 is 10.1 Å². The number of carbonyl (C=O) groups excluding carboxylic acids is 1. The van der Waals surface area contributed by atoms with Crippen molar-refractivity contribution >= 4 is 6.09 Å². The quantitative estimate of drug-likeness (QED) is 0.728. The van der Waals surface area contributed by atoms with Gasteiger partial charge in [0.25, 0.3) is 0 Å². The number of alkyl carbamates (subject to hydrolysis) is 1. The molecule has 3 aromatic rings. The monoisotopic (exact) mass is 370 g/mol. The number of hydrogen-bond donors (Lipinski definition) is 1. The number of halogens is 3. The minimum atomic E-state index is -1.31. The molecular formula is C20H13F3N2O2. The Morgan fingerprint density at radius 2 is 1.63 bits per heavy atom. The molecule has 1 fully saturated rings. The third-order valence-corrected chi connectivity index (χ3v) is 4.30. The van der Waals surface area contributed by atoms with Gasteiger partial charge in [-0.15, -0.1) is 0 Å². The summed E-state index contributed by atoms with van der Waals surface area (Å²) in [4.78, 5) is 16.3. The van der Waals surface area contributed by atoms with Gasteiger partial charge in [-0.05, 0) is 12.1 Å². The number of pyridine rings is 1. The fraction of sp³-hybridized carbons (Fsp3) is 0.100. The SMILES string of the molecule is O=C1N[C@H](c2cccc(-c3ccccc3)n2)[C@@H](c2c(F)cc(F)cc2F)O1. The van der Waals surface area contributed by atoms with E-state index in [1.54, 1.807) is 18.2 Å². The van der Waals surface area contributed by atoms with Crippen LogP contribution in [0.2, 0.25) is 0 Å². The second-order valence-corrected chi connectivity index (χ2v) is 6.04. The molecule has 0 unspecified atom stereocenters. The van der Waals surface area contributed by atoms with E-state index >= 15 is 0 Å². The van der Waals surface area contributed by atoms with Gasteiger partial charge in [-0.3, -0.25) is 4.98 Å². The van der Waals surface area contributed by atoms with Crippen LogP contribution >= 0.6 is 0 Å². The Kier molecular flexibility index (Phi) is 4.27. The molecule has 7 heteroatoms. The first kappa shape index (κ1) is 17.1. The van der Waals surface area contributed by atoms with E-state index in [-0.39, 0.29) is 0 Å². The van der Waals surface area contributed by atoms with E-state index in [9.17, 15) is 18.0 Å². The molecule has 0 aliphatic carbocycles. The van der Waals surface area contributed by atoms with Crippen LogP contribution in [0.15, 0.2) is 60.7 Å². The largest absolute Gasteiger partial charge is 0.438 e. The highest BCUT2D eigenvalue weighted by molar-refractivity contribution is 5.71. The summed E-state index contributed by atoms with van der Waals surface area (Å²) >= 11 is 0. The van der Waals surface area contributed by atoms with Crippen LogP contribution in [0.1, 0.15) is 23.4 Å². The highest BCUT2D eigenvalue weighted by Gasteiger charge is 2.40. The number of aromatic nitrogens is 1. The molecule has 1 N–H and O–H groups in total. The summed E-state index contributed by atoms with van der Waals surface area (Å²) in [6.45, 7) is 0. The first-order valence-electron chi connectivity index (χ1n) is 8.17. The van der Waals surface area contributed by atoms with Crippen LogP contribution in [-0.4, -0.2) is 11.1 Å². The van der Waals surface area contributed by atoms with Crippen LogP contribution in [0, 0.1) is 17.5 Å². The maximum Gasteiger partial charge on any atom is 0.408 e. The third-order valence-electron chi connectivity index (χ3n) is 4.30. The summed E-state index contributed by atoms with van der Waals surface area (Å²) in [7, 11) is 0. The van der Waals surface area contributed by atoms with Crippen molar-refractivity contribution in [3.63, 3.8) is 0 Å². The molecule has 0 bridgehead atoms. The van der Waals surface area contributed by atoms with Gasteiger partial charge in [-0.25, -0.2) is 18.0 Å². The van der Waals surface area contributed by atoms with Gasteiger partial charge in [-0.2, -0.15) is 0 Å². The van der Waals surface area contributed by atoms with E-state index in [1.165, 1.54) is 0 Å². The standard InChI is InChI=1S/C20H13F3N2O2/c21-12-9-13(22)17(14(23)10-12)19-18(25-20(26)27-19)16-8-4-7-15(24-16)11-5-2-1-3-6-11/h1-10,18-19H,(H,25,26)/t18-,19-/m1/s1. The third kappa shape index (κ3) is 3.23. The number of nitrogens with one attached hydrogen (secondary N) is 1. The van der Waals surface area contributed by atoms with Gasteiger partial charge in [0.15, 0.2) is 6.10 Å². The van der Waals surface area contributed by atoms with E-state index in [0.29, 0.717) is 23.5 Å². The van der Waals surface area contributed by atoms with E-state index in [4.69, 9.17) is 4.74 Å². The average molecular weight is 370 g/mol. The molecule has 4 rings (SSSR count). The summed E-state index contributed by atoms with van der Waals surface area (Å²) in [5, 5.41) is 2.52. The molecule has 2 atom stereocenters. The van der Waals surface area contributed by atoms with E-state index in [0.717, 1.165) is 5.56 Å². The van der Waals surface area contributed by atoms with Crippen molar-refractivity contribution in [3.05, 3.63) is 89.4 Å². The van der Waals surface area contributed by atoms with Gasteiger partial charge >= 0.3 is 6.09 Å². The molecule has 1 saturated heterocycles. The van der Waals surface area contributed by atoms with Crippen LogP contribution < -0.4 is 5.32 Å².